The van der Waals surface area contributed by atoms with Crippen LogP contribution in [0.25, 0.3) is 0 Å². The van der Waals surface area contributed by atoms with Gasteiger partial charge in [0, 0.05) is 12.2 Å². The molecule has 2 amide bonds. The Labute approximate surface area is 162 Å². The minimum absolute atomic E-state index is 0.124. The summed E-state index contributed by atoms with van der Waals surface area (Å²) >= 11 is 1.23. The average molecular weight is 390 g/mol. The summed E-state index contributed by atoms with van der Waals surface area (Å²) in [4.78, 5) is 23.7. The van der Waals surface area contributed by atoms with Crippen LogP contribution in [0, 0.1) is 12.7 Å². The number of hydrogen-bond donors (Lipinski definition) is 2. The standard InChI is InChI=1S/C20H23FN2O3S/c1-14-3-8-18(26-2)15(11-14)9-10-22-19(24)12-27-13-20(25)23-17-6-4-16(21)5-7-17/h3-8,11H,9-10,12-13H2,1-2H3,(H,22,24)(H,23,25). The van der Waals surface area contributed by atoms with Gasteiger partial charge in [0.25, 0.3) is 0 Å². The van der Waals surface area contributed by atoms with Gasteiger partial charge in [0.05, 0.1) is 18.6 Å². The van der Waals surface area contributed by atoms with Crippen LogP contribution >= 0.6 is 11.8 Å². The summed E-state index contributed by atoms with van der Waals surface area (Å²) in [5, 5.41) is 5.50. The number of rotatable bonds is 9. The van der Waals surface area contributed by atoms with Crippen molar-refractivity contribution in [1.29, 1.82) is 0 Å². The highest BCUT2D eigenvalue weighted by Gasteiger charge is 2.08. The Hall–Kier alpha value is -2.54. The molecule has 0 aromatic heterocycles. The summed E-state index contributed by atoms with van der Waals surface area (Å²) in [6.45, 7) is 2.51. The quantitative estimate of drug-likeness (QED) is 0.690. The van der Waals surface area contributed by atoms with E-state index in [0.717, 1.165) is 16.9 Å². The van der Waals surface area contributed by atoms with Crippen molar-refractivity contribution in [2.45, 2.75) is 13.3 Å². The molecular weight excluding hydrogens is 367 g/mol. The fraction of sp³-hybridized carbons (Fsp3) is 0.300. The molecule has 0 aliphatic carbocycles. The molecule has 2 aromatic carbocycles. The van der Waals surface area contributed by atoms with Crippen LogP contribution in [0.2, 0.25) is 0 Å². The van der Waals surface area contributed by atoms with Gasteiger partial charge in [-0.1, -0.05) is 17.7 Å². The van der Waals surface area contributed by atoms with E-state index in [1.807, 2.05) is 25.1 Å². The van der Waals surface area contributed by atoms with Gasteiger partial charge in [-0.3, -0.25) is 9.59 Å². The number of thioether (sulfide) groups is 1. The lowest BCUT2D eigenvalue weighted by atomic mass is 10.1. The van der Waals surface area contributed by atoms with Crippen molar-refractivity contribution in [2.24, 2.45) is 0 Å². The third-order valence-corrected chi connectivity index (χ3v) is 4.68. The predicted octanol–water partition coefficient (Wildman–Crippen LogP) is 3.17. The third-order valence-electron chi connectivity index (χ3n) is 3.75. The number of carbonyl (C=O) groups excluding carboxylic acids is 2. The Bertz CT molecular complexity index is 781. The molecule has 0 aliphatic rings. The van der Waals surface area contributed by atoms with Crippen LogP contribution in [-0.2, 0) is 16.0 Å². The molecule has 5 nitrogen and oxygen atoms in total. The molecular formula is C20H23FN2O3S. The minimum atomic E-state index is -0.359. The molecule has 0 unspecified atom stereocenters. The summed E-state index contributed by atoms with van der Waals surface area (Å²) in [6.07, 6.45) is 0.673. The molecule has 0 saturated heterocycles. The van der Waals surface area contributed by atoms with Crippen molar-refractivity contribution >= 4 is 29.3 Å². The van der Waals surface area contributed by atoms with Crippen molar-refractivity contribution in [3.63, 3.8) is 0 Å². The first kappa shape index (κ1) is 20.8. The molecule has 2 rings (SSSR count). The zero-order valence-corrected chi connectivity index (χ0v) is 16.2. The van der Waals surface area contributed by atoms with E-state index in [1.165, 1.54) is 36.0 Å². The van der Waals surface area contributed by atoms with Crippen molar-refractivity contribution in [2.75, 3.05) is 30.5 Å². The van der Waals surface area contributed by atoms with Gasteiger partial charge < -0.3 is 15.4 Å². The lowest BCUT2D eigenvalue weighted by Gasteiger charge is -2.10. The molecule has 0 atom stereocenters. The first-order chi connectivity index (χ1) is 13.0. The Morgan fingerprint density at radius 2 is 1.78 bits per heavy atom. The van der Waals surface area contributed by atoms with E-state index in [4.69, 9.17) is 4.74 Å². The van der Waals surface area contributed by atoms with Crippen LogP contribution < -0.4 is 15.4 Å². The molecule has 0 radical (unpaired) electrons. The van der Waals surface area contributed by atoms with Gasteiger partial charge in [0.1, 0.15) is 11.6 Å². The Kier molecular flexibility index (Phi) is 8.13. The van der Waals surface area contributed by atoms with Crippen LogP contribution in [0.1, 0.15) is 11.1 Å². The third kappa shape index (κ3) is 7.30. The Balaban J connectivity index is 1.65. The van der Waals surface area contributed by atoms with Gasteiger partial charge in [0.15, 0.2) is 0 Å². The van der Waals surface area contributed by atoms with Gasteiger partial charge in [-0.25, -0.2) is 4.39 Å². The molecule has 144 valence electrons. The van der Waals surface area contributed by atoms with Crippen molar-refractivity contribution in [3.05, 3.63) is 59.4 Å². The Morgan fingerprint density at radius 1 is 1.07 bits per heavy atom. The number of aryl methyl sites for hydroxylation is 1. The second-order valence-electron chi connectivity index (χ2n) is 5.96. The van der Waals surface area contributed by atoms with E-state index in [1.54, 1.807) is 7.11 Å². The first-order valence-electron chi connectivity index (χ1n) is 8.51. The molecule has 2 aromatic rings. The zero-order valence-electron chi connectivity index (χ0n) is 15.4. The van der Waals surface area contributed by atoms with E-state index in [-0.39, 0.29) is 29.1 Å². The number of benzene rings is 2. The van der Waals surface area contributed by atoms with Crippen molar-refractivity contribution in [1.82, 2.24) is 5.32 Å². The van der Waals surface area contributed by atoms with Crippen LogP contribution in [0.15, 0.2) is 42.5 Å². The minimum Gasteiger partial charge on any atom is -0.496 e. The number of nitrogens with one attached hydrogen (secondary N) is 2. The fourth-order valence-corrected chi connectivity index (χ4v) is 3.10. The second kappa shape index (κ2) is 10.6. The van der Waals surface area contributed by atoms with Crippen LogP contribution in [0.5, 0.6) is 5.75 Å². The molecule has 7 heteroatoms. The largest absolute Gasteiger partial charge is 0.496 e. The Morgan fingerprint density at radius 3 is 2.48 bits per heavy atom. The normalized spacial score (nSPS) is 10.3. The smallest absolute Gasteiger partial charge is 0.234 e. The van der Waals surface area contributed by atoms with Crippen molar-refractivity contribution in [3.8, 4) is 5.75 Å². The lowest BCUT2D eigenvalue weighted by Crippen LogP contribution is -2.28. The number of carbonyl (C=O) groups is 2. The number of amides is 2. The fourth-order valence-electron chi connectivity index (χ4n) is 2.46. The van der Waals surface area contributed by atoms with E-state index in [0.29, 0.717) is 18.7 Å². The summed E-state index contributed by atoms with van der Waals surface area (Å²) in [7, 11) is 1.63. The zero-order chi connectivity index (χ0) is 19.6. The number of anilines is 1. The van der Waals surface area contributed by atoms with Crippen LogP contribution in [-0.4, -0.2) is 37.0 Å². The van der Waals surface area contributed by atoms with Gasteiger partial charge >= 0.3 is 0 Å². The molecule has 0 aliphatic heterocycles. The van der Waals surface area contributed by atoms with Gasteiger partial charge in [-0.2, -0.15) is 0 Å². The van der Waals surface area contributed by atoms with Crippen LogP contribution in [0.3, 0.4) is 0 Å². The summed E-state index contributed by atoms with van der Waals surface area (Å²) < 4.78 is 18.1. The number of hydrogen-bond acceptors (Lipinski definition) is 4. The maximum Gasteiger partial charge on any atom is 0.234 e. The average Bonchev–Trinajstić information content (AvgIpc) is 2.64. The van der Waals surface area contributed by atoms with E-state index in [9.17, 15) is 14.0 Å². The van der Waals surface area contributed by atoms with E-state index >= 15 is 0 Å². The van der Waals surface area contributed by atoms with Gasteiger partial charge in [0.2, 0.25) is 11.8 Å². The maximum atomic E-state index is 12.8. The van der Waals surface area contributed by atoms with E-state index in [2.05, 4.69) is 10.6 Å². The summed E-state index contributed by atoms with van der Waals surface area (Å²) in [6, 6.07) is 11.5. The monoisotopic (exact) mass is 390 g/mol. The number of halogens is 1. The highest BCUT2D eigenvalue weighted by molar-refractivity contribution is 8.00. The highest BCUT2D eigenvalue weighted by Crippen LogP contribution is 2.19. The molecule has 0 bridgehead atoms. The van der Waals surface area contributed by atoms with Gasteiger partial charge in [-0.15, -0.1) is 11.8 Å². The van der Waals surface area contributed by atoms with Gasteiger partial charge in [-0.05, 0) is 49.2 Å². The molecule has 0 spiro atoms. The molecule has 0 heterocycles. The van der Waals surface area contributed by atoms with Crippen LogP contribution in [0.4, 0.5) is 10.1 Å². The second-order valence-corrected chi connectivity index (χ2v) is 6.95. The predicted molar refractivity (Wildman–Crippen MR) is 107 cm³/mol. The lowest BCUT2D eigenvalue weighted by molar-refractivity contribution is -0.118. The molecule has 27 heavy (non-hydrogen) atoms. The molecule has 0 fully saturated rings. The maximum absolute atomic E-state index is 12.8. The SMILES string of the molecule is COc1ccc(C)cc1CCNC(=O)CSCC(=O)Nc1ccc(F)cc1. The summed E-state index contributed by atoms with van der Waals surface area (Å²) in [5.74, 6) is 0.437. The molecule has 0 saturated carbocycles. The van der Waals surface area contributed by atoms with E-state index < -0.39 is 0 Å². The first-order valence-corrected chi connectivity index (χ1v) is 9.67. The molecule has 2 N–H and O–H groups in total. The topological polar surface area (TPSA) is 67.4 Å². The van der Waals surface area contributed by atoms with Crippen molar-refractivity contribution < 1.29 is 18.7 Å². The summed E-state index contributed by atoms with van der Waals surface area (Å²) in [5.41, 5.74) is 2.71. The number of ether oxygens (including phenoxy) is 1. The number of methoxy groups -OCH3 is 1. The highest BCUT2D eigenvalue weighted by atomic mass is 32.2.